The highest BCUT2D eigenvalue weighted by atomic mass is 32.2. The summed E-state index contributed by atoms with van der Waals surface area (Å²) < 4.78 is 28.6. The fourth-order valence-corrected chi connectivity index (χ4v) is 4.85. The lowest BCUT2D eigenvalue weighted by molar-refractivity contribution is 0.0978. The van der Waals surface area contributed by atoms with Gasteiger partial charge in [-0.3, -0.25) is 4.79 Å². The lowest BCUT2D eigenvalue weighted by Gasteiger charge is -2.13. The Morgan fingerprint density at radius 2 is 1.83 bits per heavy atom. The second kappa shape index (κ2) is 7.51. The van der Waals surface area contributed by atoms with E-state index in [-0.39, 0.29) is 17.5 Å². The van der Waals surface area contributed by atoms with E-state index in [1.807, 2.05) is 24.3 Å². The first-order valence-electron chi connectivity index (χ1n) is 8.73. The number of ether oxygens (including phenoxy) is 1. The van der Waals surface area contributed by atoms with Gasteiger partial charge in [0.25, 0.3) is 0 Å². The summed E-state index contributed by atoms with van der Waals surface area (Å²) in [5, 5.41) is 1.29. The quantitative estimate of drug-likeness (QED) is 0.701. The Labute approximate surface area is 143 Å². The van der Waals surface area contributed by atoms with Crippen molar-refractivity contribution in [1.29, 1.82) is 0 Å². The Bertz CT molecular complexity index is 697. The van der Waals surface area contributed by atoms with Crippen molar-refractivity contribution in [3.63, 3.8) is 0 Å². The molecule has 1 aliphatic carbocycles. The van der Waals surface area contributed by atoms with E-state index in [4.69, 9.17) is 4.74 Å². The number of allylic oxidation sites excluding steroid dienone is 1. The predicted octanol–water partition coefficient (Wildman–Crippen LogP) is 3.92. The van der Waals surface area contributed by atoms with Gasteiger partial charge in [-0.25, -0.2) is 8.42 Å². The van der Waals surface area contributed by atoms with Gasteiger partial charge in [-0.2, -0.15) is 0 Å². The molecular formula is C19H24O4S. The molecule has 0 bridgehead atoms. The van der Waals surface area contributed by atoms with Crippen molar-refractivity contribution >= 4 is 15.6 Å². The second-order valence-electron chi connectivity index (χ2n) is 6.78. The van der Waals surface area contributed by atoms with Gasteiger partial charge in [0.15, 0.2) is 15.6 Å². The van der Waals surface area contributed by atoms with E-state index < -0.39 is 9.84 Å². The Balaban J connectivity index is 1.44. The molecule has 0 N–H and O–H groups in total. The summed E-state index contributed by atoms with van der Waals surface area (Å²) in [6, 6.07) is 7.40. The van der Waals surface area contributed by atoms with Crippen LogP contribution in [0.15, 0.2) is 35.7 Å². The number of rotatable bonds is 7. The van der Waals surface area contributed by atoms with Crippen LogP contribution < -0.4 is 4.74 Å². The van der Waals surface area contributed by atoms with Crippen molar-refractivity contribution in [3.8, 4) is 5.75 Å². The standard InChI is InChI=1S/C19H24O4S/c20-19(7-3-4-15-12-13-24(21,22)14-15)16-8-10-18(11-9-16)23-17-5-1-2-6-17/h8-13,15,17H,1-7,14H2. The number of carbonyl (C=O) groups excluding carboxylic acids is 1. The normalized spacial score (nSPS) is 22.8. The third-order valence-corrected chi connectivity index (χ3v) is 6.23. The zero-order chi connectivity index (χ0) is 17.0. The minimum Gasteiger partial charge on any atom is -0.490 e. The van der Waals surface area contributed by atoms with Gasteiger partial charge >= 0.3 is 0 Å². The van der Waals surface area contributed by atoms with Crippen LogP contribution in [-0.2, 0) is 9.84 Å². The van der Waals surface area contributed by atoms with Crippen LogP contribution in [0.25, 0.3) is 0 Å². The van der Waals surface area contributed by atoms with Crippen LogP contribution in [-0.4, -0.2) is 26.1 Å². The topological polar surface area (TPSA) is 60.4 Å². The molecule has 1 aromatic carbocycles. The molecule has 1 heterocycles. The molecule has 1 aromatic rings. The van der Waals surface area contributed by atoms with Crippen LogP contribution in [0.5, 0.6) is 5.75 Å². The number of carbonyl (C=O) groups is 1. The molecule has 1 atom stereocenters. The van der Waals surface area contributed by atoms with Crippen molar-refractivity contribution in [2.24, 2.45) is 5.92 Å². The van der Waals surface area contributed by atoms with Crippen LogP contribution in [0.4, 0.5) is 0 Å². The highest BCUT2D eigenvalue weighted by molar-refractivity contribution is 7.94. The first-order chi connectivity index (χ1) is 11.5. The number of Topliss-reactive ketones (excluding diaryl/α,β-unsaturated/α-hetero) is 1. The number of hydrogen-bond donors (Lipinski definition) is 0. The smallest absolute Gasteiger partial charge is 0.171 e. The van der Waals surface area contributed by atoms with Crippen LogP contribution in [0, 0.1) is 5.92 Å². The molecule has 0 amide bonds. The molecule has 0 aromatic heterocycles. The van der Waals surface area contributed by atoms with E-state index in [1.165, 1.54) is 18.2 Å². The zero-order valence-corrected chi connectivity index (χ0v) is 14.6. The lowest BCUT2D eigenvalue weighted by Crippen LogP contribution is -2.11. The fourth-order valence-electron chi connectivity index (χ4n) is 3.41. The van der Waals surface area contributed by atoms with Crippen LogP contribution >= 0.6 is 0 Å². The van der Waals surface area contributed by atoms with E-state index in [2.05, 4.69) is 0 Å². The van der Waals surface area contributed by atoms with E-state index in [9.17, 15) is 13.2 Å². The highest BCUT2D eigenvalue weighted by Gasteiger charge is 2.21. The summed E-state index contributed by atoms with van der Waals surface area (Å²) in [4.78, 5) is 12.2. The maximum Gasteiger partial charge on any atom is 0.171 e. The van der Waals surface area contributed by atoms with Gasteiger partial charge in [-0.15, -0.1) is 0 Å². The van der Waals surface area contributed by atoms with E-state index in [0.717, 1.165) is 25.0 Å². The fraction of sp³-hybridized carbons (Fsp3) is 0.526. The Hall–Kier alpha value is -1.62. The number of ketones is 1. The number of benzene rings is 1. The van der Waals surface area contributed by atoms with E-state index in [1.54, 1.807) is 6.08 Å². The Kier molecular flexibility index (Phi) is 5.39. The number of sulfone groups is 1. The predicted molar refractivity (Wildman–Crippen MR) is 93.9 cm³/mol. The van der Waals surface area contributed by atoms with Crippen LogP contribution in [0.1, 0.15) is 55.3 Å². The van der Waals surface area contributed by atoms with E-state index in [0.29, 0.717) is 24.5 Å². The summed E-state index contributed by atoms with van der Waals surface area (Å²) in [5.41, 5.74) is 0.698. The molecule has 4 nitrogen and oxygen atoms in total. The first-order valence-corrected chi connectivity index (χ1v) is 10.4. The molecule has 0 spiro atoms. The molecule has 1 saturated carbocycles. The van der Waals surface area contributed by atoms with Gasteiger partial charge in [0.2, 0.25) is 0 Å². The average Bonchev–Trinajstić information content (AvgIpc) is 3.17. The minimum absolute atomic E-state index is 0.0602. The molecule has 1 fully saturated rings. The summed E-state index contributed by atoms with van der Waals surface area (Å²) in [7, 11) is -2.99. The Morgan fingerprint density at radius 1 is 1.12 bits per heavy atom. The van der Waals surface area contributed by atoms with Gasteiger partial charge in [-0.1, -0.05) is 6.08 Å². The molecule has 130 valence electrons. The van der Waals surface area contributed by atoms with Gasteiger partial charge in [0.1, 0.15) is 5.75 Å². The SMILES string of the molecule is O=C(CCCC1C=CS(=O)(=O)C1)c1ccc(OC2CCCC2)cc1. The number of hydrogen-bond acceptors (Lipinski definition) is 4. The maximum atomic E-state index is 12.2. The molecule has 24 heavy (non-hydrogen) atoms. The van der Waals surface area contributed by atoms with E-state index >= 15 is 0 Å². The molecule has 2 aliphatic rings. The van der Waals surface area contributed by atoms with Gasteiger partial charge in [0.05, 0.1) is 11.9 Å². The monoisotopic (exact) mass is 348 g/mol. The third kappa shape index (κ3) is 4.69. The van der Waals surface area contributed by atoms with Crippen molar-refractivity contribution in [1.82, 2.24) is 0 Å². The zero-order valence-electron chi connectivity index (χ0n) is 13.8. The summed E-state index contributed by atoms with van der Waals surface area (Å²) >= 11 is 0. The van der Waals surface area contributed by atoms with Gasteiger partial charge in [-0.05, 0) is 68.7 Å². The highest BCUT2D eigenvalue weighted by Crippen LogP contribution is 2.25. The van der Waals surface area contributed by atoms with Crippen molar-refractivity contribution in [3.05, 3.63) is 41.3 Å². The van der Waals surface area contributed by atoms with Crippen molar-refractivity contribution in [2.75, 3.05) is 5.75 Å². The molecule has 0 radical (unpaired) electrons. The summed E-state index contributed by atoms with van der Waals surface area (Å²) in [5.74, 6) is 1.19. The lowest BCUT2D eigenvalue weighted by atomic mass is 10.0. The maximum absolute atomic E-state index is 12.2. The second-order valence-corrected chi connectivity index (χ2v) is 8.71. The van der Waals surface area contributed by atoms with Crippen molar-refractivity contribution < 1.29 is 17.9 Å². The minimum atomic E-state index is -2.99. The molecule has 5 heteroatoms. The summed E-state index contributed by atoms with van der Waals surface area (Å²) in [6.45, 7) is 0. The van der Waals surface area contributed by atoms with Crippen molar-refractivity contribution in [2.45, 2.75) is 51.0 Å². The average molecular weight is 348 g/mol. The molecular weight excluding hydrogens is 324 g/mol. The van der Waals surface area contributed by atoms with Crippen LogP contribution in [0.3, 0.4) is 0 Å². The van der Waals surface area contributed by atoms with Crippen LogP contribution in [0.2, 0.25) is 0 Å². The summed E-state index contributed by atoms with van der Waals surface area (Å²) in [6.07, 6.45) is 8.67. The first kappa shape index (κ1) is 17.2. The molecule has 1 aliphatic heterocycles. The third-order valence-electron chi connectivity index (χ3n) is 4.76. The Morgan fingerprint density at radius 3 is 2.46 bits per heavy atom. The molecule has 3 rings (SSSR count). The molecule has 1 unspecified atom stereocenters. The molecule has 0 saturated heterocycles. The van der Waals surface area contributed by atoms with Gasteiger partial charge in [0, 0.05) is 17.4 Å². The largest absolute Gasteiger partial charge is 0.490 e. The van der Waals surface area contributed by atoms with Gasteiger partial charge < -0.3 is 4.74 Å².